The lowest BCUT2D eigenvalue weighted by molar-refractivity contribution is 0.0602. The smallest absolute Gasteiger partial charge is 0.338 e. The van der Waals surface area contributed by atoms with Crippen molar-refractivity contribution in [2.45, 2.75) is 13.3 Å². The first-order valence-corrected chi connectivity index (χ1v) is 9.61. The van der Waals surface area contributed by atoms with Crippen molar-refractivity contribution >= 4 is 17.5 Å². The Bertz CT molecular complexity index is 1060. The van der Waals surface area contributed by atoms with Gasteiger partial charge < -0.3 is 14.2 Å². The van der Waals surface area contributed by atoms with E-state index in [1.54, 1.807) is 31.4 Å². The highest BCUT2D eigenvalue weighted by Crippen LogP contribution is 2.38. The molecule has 0 atom stereocenters. The molecule has 0 fully saturated rings. The van der Waals surface area contributed by atoms with E-state index >= 15 is 0 Å². The molecular formula is C25H24O5. The van der Waals surface area contributed by atoms with Gasteiger partial charge in [0, 0.05) is 22.8 Å². The molecule has 0 radical (unpaired) electrons. The number of aryl methyl sites for hydroxylation is 1. The zero-order chi connectivity index (χ0) is 21.7. The van der Waals surface area contributed by atoms with E-state index in [1.807, 2.05) is 37.3 Å². The first kappa shape index (κ1) is 21.1. The monoisotopic (exact) mass is 404 g/mol. The molecule has 0 N–H and O–H groups in total. The number of hydrogen-bond acceptors (Lipinski definition) is 5. The zero-order valence-corrected chi connectivity index (χ0v) is 17.5. The fourth-order valence-electron chi connectivity index (χ4n) is 3.47. The molecule has 0 unspecified atom stereocenters. The van der Waals surface area contributed by atoms with Crippen LogP contribution in [0.15, 0.2) is 60.7 Å². The van der Waals surface area contributed by atoms with E-state index in [2.05, 4.69) is 0 Å². The summed E-state index contributed by atoms with van der Waals surface area (Å²) in [5.41, 5.74) is 4.28. The maximum atomic E-state index is 12.8. The summed E-state index contributed by atoms with van der Waals surface area (Å²) in [4.78, 5) is 25.3. The van der Waals surface area contributed by atoms with Crippen LogP contribution in [0.3, 0.4) is 0 Å². The second-order valence-electron chi connectivity index (χ2n) is 6.65. The van der Waals surface area contributed by atoms with Gasteiger partial charge in [-0.05, 0) is 47.9 Å². The molecule has 3 rings (SSSR count). The van der Waals surface area contributed by atoms with E-state index in [0.717, 1.165) is 17.5 Å². The summed E-state index contributed by atoms with van der Waals surface area (Å²) in [6.07, 6.45) is 2.20. The second kappa shape index (κ2) is 9.27. The number of allylic oxidation sites excluding steroid dienone is 1. The fourth-order valence-corrected chi connectivity index (χ4v) is 3.47. The molecule has 0 aliphatic heterocycles. The van der Waals surface area contributed by atoms with E-state index in [9.17, 15) is 9.59 Å². The summed E-state index contributed by atoms with van der Waals surface area (Å²) in [6, 6.07) is 16.3. The quantitative estimate of drug-likeness (QED) is 0.239. The van der Waals surface area contributed by atoms with Gasteiger partial charge in [-0.3, -0.25) is 4.79 Å². The van der Waals surface area contributed by atoms with Crippen molar-refractivity contribution in [1.82, 2.24) is 0 Å². The molecule has 2 aliphatic carbocycles. The average Bonchev–Trinajstić information content (AvgIpc) is 3.01. The summed E-state index contributed by atoms with van der Waals surface area (Å²) < 4.78 is 15.7. The molecule has 0 heterocycles. The van der Waals surface area contributed by atoms with Gasteiger partial charge in [0.15, 0.2) is 5.78 Å². The topological polar surface area (TPSA) is 61.8 Å². The minimum atomic E-state index is -0.427. The Morgan fingerprint density at radius 1 is 0.900 bits per heavy atom. The van der Waals surface area contributed by atoms with Crippen molar-refractivity contribution in [3.05, 3.63) is 82.9 Å². The molecule has 0 saturated carbocycles. The van der Waals surface area contributed by atoms with Crippen LogP contribution in [-0.2, 0) is 15.9 Å². The molecule has 154 valence electrons. The molecule has 0 amide bonds. The number of ether oxygens (including phenoxy) is 3. The largest absolute Gasteiger partial charge is 0.497 e. The van der Waals surface area contributed by atoms with E-state index in [0.29, 0.717) is 33.8 Å². The lowest BCUT2D eigenvalue weighted by atomic mass is 9.99. The number of carbonyl (C=O) groups is 2. The molecule has 0 bridgehead atoms. The van der Waals surface area contributed by atoms with Crippen molar-refractivity contribution < 1.29 is 23.8 Å². The van der Waals surface area contributed by atoms with Gasteiger partial charge in [-0.2, -0.15) is 0 Å². The van der Waals surface area contributed by atoms with Crippen LogP contribution in [0.1, 0.15) is 38.8 Å². The predicted octanol–water partition coefficient (Wildman–Crippen LogP) is 5.02. The number of rotatable bonds is 7. The highest BCUT2D eigenvalue weighted by molar-refractivity contribution is 6.10. The van der Waals surface area contributed by atoms with Gasteiger partial charge in [0.2, 0.25) is 0 Å². The summed E-state index contributed by atoms with van der Waals surface area (Å²) in [7, 11) is 4.44. The first-order chi connectivity index (χ1) is 14.5. The highest BCUT2D eigenvalue weighted by Gasteiger charge is 2.24. The van der Waals surface area contributed by atoms with E-state index < -0.39 is 5.97 Å². The van der Waals surface area contributed by atoms with Crippen molar-refractivity contribution in [3.63, 3.8) is 0 Å². The summed E-state index contributed by atoms with van der Waals surface area (Å²) in [5, 5.41) is 0. The Morgan fingerprint density at radius 2 is 1.60 bits per heavy atom. The van der Waals surface area contributed by atoms with Gasteiger partial charge >= 0.3 is 5.97 Å². The van der Waals surface area contributed by atoms with Crippen LogP contribution in [0.4, 0.5) is 0 Å². The Balaban J connectivity index is 2.15. The van der Waals surface area contributed by atoms with Crippen LogP contribution in [0.5, 0.6) is 5.75 Å². The lowest BCUT2D eigenvalue weighted by Crippen LogP contribution is -2.03. The normalized spacial score (nSPS) is 11.3. The van der Waals surface area contributed by atoms with Crippen LogP contribution in [0.2, 0.25) is 0 Å². The SMILES string of the molecule is CCc1cc(C(=O)OC)c2c(/C(=C/C(=O)c3ccc(OC)cc3)OC)ccccc1-2. The maximum Gasteiger partial charge on any atom is 0.338 e. The van der Waals surface area contributed by atoms with Gasteiger partial charge in [-0.25, -0.2) is 4.79 Å². The minimum Gasteiger partial charge on any atom is -0.497 e. The molecule has 0 spiro atoms. The van der Waals surface area contributed by atoms with E-state index in [-0.39, 0.29) is 5.78 Å². The third-order valence-corrected chi connectivity index (χ3v) is 5.02. The molecule has 1 aromatic carbocycles. The van der Waals surface area contributed by atoms with Crippen molar-refractivity contribution in [2.24, 2.45) is 0 Å². The number of fused-ring (bicyclic) bond motifs is 1. The van der Waals surface area contributed by atoms with Crippen LogP contribution in [0, 0.1) is 0 Å². The van der Waals surface area contributed by atoms with Crippen LogP contribution in [-0.4, -0.2) is 33.1 Å². The lowest BCUT2D eigenvalue weighted by Gasteiger charge is -2.11. The highest BCUT2D eigenvalue weighted by atomic mass is 16.5. The number of ketones is 1. The maximum absolute atomic E-state index is 12.8. The third kappa shape index (κ3) is 4.06. The molecular weight excluding hydrogens is 380 g/mol. The molecule has 1 aromatic rings. The Morgan fingerprint density at radius 3 is 2.20 bits per heavy atom. The van der Waals surface area contributed by atoms with Crippen molar-refractivity contribution in [2.75, 3.05) is 21.3 Å². The van der Waals surface area contributed by atoms with Gasteiger partial charge in [0.25, 0.3) is 0 Å². The van der Waals surface area contributed by atoms with E-state index in [4.69, 9.17) is 14.2 Å². The number of hydrogen-bond donors (Lipinski definition) is 0. The molecule has 2 aliphatic rings. The van der Waals surface area contributed by atoms with Crippen molar-refractivity contribution in [1.29, 1.82) is 0 Å². The molecule has 30 heavy (non-hydrogen) atoms. The Hall–Kier alpha value is -3.60. The number of carbonyl (C=O) groups excluding carboxylic acids is 2. The molecule has 0 aromatic heterocycles. The number of esters is 1. The molecule has 5 nitrogen and oxygen atoms in total. The van der Waals surface area contributed by atoms with Gasteiger partial charge in [0.1, 0.15) is 11.5 Å². The zero-order valence-electron chi connectivity index (χ0n) is 17.5. The number of benzene rings is 1. The average molecular weight is 404 g/mol. The summed E-state index contributed by atoms with van der Waals surface area (Å²) in [5.74, 6) is 0.404. The van der Waals surface area contributed by atoms with Gasteiger partial charge in [-0.1, -0.05) is 31.2 Å². The van der Waals surface area contributed by atoms with Crippen LogP contribution < -0.4 is 4.74 Å². The van der Waals surface area contributed by atoms with Gasteiger partial charge in [-0.15, -0.1) is 0 Å². The standard InChI is InChI=1S/C25H24O5/c1-5-16-14-21(25(27)30-4)24-19(16)8-6-7-9-20(24)23(29-3)15-22(26)17-10-12-18(28-2)13-11-17/h6-15H,5H2,1-4H3/b23-15-. The Kier molecular flexibility index (Phi) is 6.52. The Labute approximate surface area is 176 Å². The third-order valence-electron chi connectivity index (χ3n) is 5.02. The van der Waals surface area contributed by atoms with Gasteiger partial charge in [0.05, 0.1) is 26.9 Å². The first-order valence-electron chi connectivity index (χ1n) is 9.61. The fraction of sp³-hybridized carbons (Fsp3) is 0.200. The van der Waals surface area contributed by atoms with Crippen LogP contribution in [0.25, 0.3) is 16.9 Å². The summed E-state index contributed by atoms with van der Waals surface area (Å²) >= 11 is 0. The number of methoxy groups -OCH3 is 3. The molecule has 0 saturated heterocycles. The predicted molar refractivity (Wildman–Crippen MR) is 116 cm³/mol. The minimum absolute atomic E-state index is 0.212. The second-order valence-corrected chi connectivity index (χ2v) is 6.65. The van der Waals surface area contributed by atoms with Crippen molar-refractivity contribution in [3.8, 4) is 16.9 Å². The van der Waals surface area contributed by atoms with E-state index in [1.165, 1.54) is 20.3 Å². The summed E-state index contributed by atoms with van der Waals surface area (Å²) in [6.45, 7) is 2.03. The van der Waals surface area contributed by atoms with Crippen LogP contribution >= 0.6 is 0 Å². The molecule has 5 heteroatoms.